The summed E-state index contributed by atoms with van der Waals surface area (Å²) in [5, 5.41) is 8.27. The third kappa shape index (κ3) is 3.98. The molecule has 0 aliphatic carbocycles. The average Bonchev–Trinajstić information content (AvgIpc) is 3.35. The minimum Gasteiger partial charge on any atom is -0.459 e. The second kappa shape index (κ2) is 8.20. The molecule has 7 nitrogen and oxygen atoms in total. The molecule has 0 saturated carbocycles. The van der Waals surface area contributed by atoms with Gasteiger partial charge >= 0.3 is 0 Å². The molecule has 0 spiro atoms. The summed E-state index contributed by atoms with van der Waals surface area (Å²) in [6.07, 6.45) is 3.73. The first-order chi connectivity index (χ1) is 13.6. The molecule has 0 N–H and O–H groups in total. The second-order valence-electron chi connectivity index (χ2n) is 6.25. The highest BCUT2D eigenvalue weighted by atomic mass is 35.5. The van der Waals surface area contributed by atoms with Gasteiger partial charge in [-0.1, -0.05) is 29.8 Å². The van der Waals surface area contributed by atoms with E-state index < -0.39 is 5.25 Å². The van der Waals surface area contributed by atoms with Gasteiger partial charge in [-0.25, -0.2) is 0 Å². The topological polar surface area (TPSA) is 89.4 Å². The molecule has 1 aliphatic rings. The Morgan fingerprint density at radius 3 is 2.75 bits per heavy atom. The number of hydrogen-bond donors (Lipinski definition) is 0. The first kappa shape index (κ1) is 18.8. The summed E-state index contributed by atoms with van der Waals surface area (Å²) in [7, 11) is 0. The number of nitrogens with zero attached hydrogens (tertiary/aromatic N) is 3. The zero-order valence-corrected chi connectivity index (χ0v) is 16.3. The zero-order chi connectivity index (χ0) is 19.5. The molecule has 3 aromatic rings. The van der Waals surface area contributed by atoms with Crippen molar-refractivity contribution in [2.24, 2.45) is 0 Å². The molecule has 2 aromatic heterocycles. The zero-order valence-electron chi connectivity index (χ0n) is 14.7. The summed E-state index contributed by atoms with van der Waals surface area (Å²) in [5.74, 6) is 0.143. The van der Waals surface area contributed by atoms with Crippen molar-refractivity contribution in [3.05, 3.63) is 53.2 Å². The van der Waals surface area contributed by atoms with Crippen LogP contribution in [0.2, 0.25) is 5.02 Å². The predicted molar refractivity (Wildman–Crippen MR) is 103 cm³/mol. The Hall–Kier alpha value is -2.58. The molecule has 2 amide bonds. The van der Waals surface area contributed by atoms with Gasteiger partial charge in [-0.15, -0.1) is 10.2 Å². The quantitative estimate of drug-likeness (QED) is 0.584. The van der Waals surface area contributed by atoms with Crippen molar-refractivity contribution >= 4 is 35.2 Å². The van der Waals surface area contributed by atoms with Gasteiger partial charge in [0, 0.05) is 17.1 Å². The largest absolute Gasteiger partial charge is 0.459 e. The molecule has 3 heterocycles. The Morgan fingerprint density at radius 2 is 2.00 bits per heavy atom. The number of rotatable bonds is 4. The number of benzene rings is 1. The van der Waals surface area contributed by atoms with Crippen molar-refractivity contribution in [1.29, 1.82) is 0 Å². The molecule has 1 saturated heterocycles. The lowest BCUT2D eigenvalue weighted by molar-refractivity contribution is -0.127. The van der Waals surface area contributed by atoms with Crippen LogP contribution in [0.15, 0.2) is 56.7 Å². The molecule has 1 fully saturated rings. The molecule has 0 bridgehead atoms. The van der Waals surface area contributed by atoms with E-state index in [-0.39, 0.29) is 22.9 Å². The van der Waals surface area contributed by atoms with Crippen molar-refractivity contribution in [2.45, 2.75) is 29.7 Å². The number of aromatic nitrogens is 2. The average molecular weight is 418 g/mol. The Bertz CT molecular complexity index is 971. The first-order valence-corrected chi connectivity index (χ1v) is 10.0. The van der Waals surface area contributed by atoms with Gasteiger partial charge in [0.2, 0.25) is 5.91 Å². The van der Waals surface area contributed by atoms with E-state index >= 15 is 0 Å². The van der Waals surface area contributed by atoms with Crippen molar-refractivity contribution < 1.29 is 18.4 Å². The second-order valence-corrected chi connectivity index (χ2v) is 7.85. The van der Waals surface area contributed by atoms with Crippen molar-refractivity contribution in [2.75, 3.05) is 6.54 Å². The van der Waals surface area contributed by atoms with Crippen LogP contribution in [0.1, 0.15) is 29.6 Å². The summed E-state index contributed by atoms with van der Waals surface area (Å²) in [4.78, 5) is 27.1. The Kier molecular flexibility index (Phi) is 5.50. The predicted octanol–water partition coefficient (Wildman–Crippen LogP) is 4.30. The Balaban J connectivity index is 1.50. The van der Waals surface area contributed by atoms with E-state index in [2.05, 4.69) is 10.2 Å². The number of carbonyl (C=O) groups is 2. The lowest BCUT2D eigenvalue weighted by atomic mass is 10.2. The maximum atomic E-state index is 13.0. The summed E-state index contributed by atoms with van der Waals surface area (Å²) >= 11 is 7.06. The number of likely N-dealkylation sites (tertiary alicyclic amines) is 1. The molecule has 1 aromatic carbocycles. The fourth-order valence-corrected chi connectivity index (χ4v) is 4.04. The number of carbonyl (C=O) groups excluding carboxylic acids is 2. The molecule has 9 heteroatoms. The van der Waals surface area contributed by atoms with Crippen LogP contribution in [0.5, 0.6) is 0 Å². The van der Waals surface area contributed by atoms with Crippen molar-refractivity contribution in [3.63, 3.8) is 0 Å². The highest BCUT2D eigenvalue weighted by Crippen LogP contribution is 2.31. The van der Waals surface area contributed by atoms with E-state index in [9.17, 15) is 9.59 Å². The van der Waals surface area contributed by atoms with Crippen LogP contribution in [0, 0.1) is 0 Å². The Morgan fingerprint density at radius 1 is 1.18 bits per heavy atom. The molecule has 1 atom stereocenters. The van der Waals surface area contributed by atoms with Crippen LogP contribution in [0.4, 0.5) is 0 Å². The summed E-state index contributed by atoms with van der Waals surface area (Å²) in [5.41, 5.74) is 0.432. The van der Waals surface area contributed by atoms with E-state index in [1.165, 1.54) is 22.9 Å². The standard InChI is InChI=1S/C19H16ClN3O4S/c20-13-8-6-12(7-9-13)17(24)23-10-2-1-5-15(18(23)25)28-19-22-21-16(27-19)14-4-3-11-26-14/h3-4,6-9,11,15H,1-2,5,10H2/t15-/m1/s1. The van der Waals surface area contributed by atoms with E-state index in [4.69, 9.17) is 20.4 Å². The number of imide groups is 1. The fourth-order valence-electron chi connectivity index (χ4n) is 2.95. The lowest BCUT2D eigenvalue weighted by Gasteiger charge is -2.21. The van der Waals surface area contributed by atoms with Gasteiger partial charge in [-0.3, -0.25) is 14.5 Å². The third-order valence-corrected chi connectivity index (χ3v) is 5.70. The van der Waals surface area contributed by atoms with E-state index in [0.29, 0.717) is 29.3 Å². The highest BCUT2D eigenvalue weighted by Gasteiger charge is 2.33. The first-order valence-electron chi connectivity index (χ1n) is 8.77. The number of furan rings is 1. The lowest BCUT2D eigenvalue weighted by Crippen LogP contribution is -2.41. The minimum atomic E-state index is -0.469. The van der Waals surface area contributed by atoms with Gasteiger partial charge in [0.25, 0.3) is 17.0 Å². The fraction of sp³-hybridized carbons (Fsp3) is 0.263. The number of hydrogen-bond acceptors (Lipinski definition) is 7. The highest BCUT2D eigenvalue weighted by molar-refractivity contribution is 8.00. The van der Waals surface area contributed by atoms with Gasteiger partial charge in [0.15, 0.2) is 5.76 Å². The van der Waals surface area contributed by atoms with Gasteiger partial charge in [0.1, 0.15) is 0 Å². The van der Waals surface area contributed by atoms with E-state index in [1.807, 2.05) is 0 Å². The molecule has 28 heavy (non-hydrogen) atoms. The molecule has 0 radical (unpaired) electrons. The molecule has 4 rings (SSSR count). The maximum absolute atomic E-state index is 13.0. The summed E-state index contributed by atoms with van der Waals surface area (Å²) in [6, 6.07) is 9.96. The van der Waals surface area contributed by atoms with Crippen LogP contribution < -0.4 is 0 Å². The monoisotopic (exact) mass is 417 g/mol. The van der Waals surface area contributed by atoms with Crippen LogP contribution >= 0.6 is 23.4 Å². The van der Waals surface area contributed by atoms with Crippen molar-refractivity contribution in [3.8, 4) is 11.7 Å². The molecular formula is C19H16ClN3O4S. The van der Waals surface area contributed by atoms with Crippen molar-refractivity contribution in [1.82, 2.24) is 15.1 Å². The van der Waals surface area contributed by atoms with Crippen LogP contribution in [-0.2, 0) is 4.79 Å². The normalized spacial score (nSPS) is 17.5. The van der Waals surface area contributed by atoms with Gasteiger partial charge in [-0.2, -0.15) is 0 Å². The minimum absolute atomic E-state index is 0.250. The van der Waals surface area contributed by atoms with Gasteiger partial charge < -0.3 is 8.83 Å². The van der Waals surface area contributed by atoms with Crippen LogP contribution in [-0.4, -0.2) is 38.7 Å². The van der Waals surface area contributed by atoms with Crippen LogP contribution in [0.25, 0.3) is 11.7 Å². The SMILES string of the molecule is O=C(c1ccc(Cl)cc1)N1CCCC[C@@H](Sc2nnc(-c3ccco3)o2)C1=O. The smallest absolute Gasteiger partial charge is 0.284 e. The van der Waals surface area contributed by atoms with Crippen LogP contribution in [0.3, 0.4) is 0 Å². The maximum Gasteiger partial charge on any atom is 0.284 e. The molecule has 0 unspecified atom stereocenters. The molecule has 144 valence electrons. The third-order valence-electron chi connectivity index (χ3n) is 4.36. The van der Waals surface area contributed by atoms with E-state index in [0.717, 1.165) is 12.8 Å². The van der Waals surface area contributed by atoms with Gasteiger partial charge in [0.05, 0.1) is 11.5 Å². The molecule has 1 aliphatic heterocycles. The number of thioether (sulfide) groups is 1. The number of halogens is 1. The summed E-state index contributed by atoms with van der Waals surface area (Å²) in [6.45, 7) is 0.388. The number of amides is 2. The Labute approximate surface area is 170 Å². The van der Waals surface area contributed by atoms with E-state index in [1.54, 1.807) is 36.4 Å². The molecular weight excluding hydrogens is 402 g/mol. The van der Waals surface area contributed by atoms with Gasteiger partial charge in [-0.05, 0) is 49.2 Å². The summed E-state index contributed by atoms with van der Waals surface area (Å²) < 4.78 is 10.8.